The predicted octanol–water partition coefficient (Wildman–Crippen LogP) is 3.49. The van der Waals surface area contributed by atoms with Gasteiger partial charge in [-0.05, 0) is 25.0 Å². The zero-order chi connectivity index (χ0) is 13.8. The molecule has 0 bridgehead atoms. The second-order valence-electron chi connectivity index (χ2n) is 4.98. The van der Waals surface area contributed by atoms with Crippen molar-refractivity contribution in [2.24, 2.45) is 5.92 Å². The molecule has 1 atom stereocenters. The van der Waals surface area contributed by atoms with Gasteiger partial charge in [-0.3, -0.25) is 20.2 Å². The van der Waals surface area contributed by atoms with Crippen LogP contribution in [0.1, 0.15) is 43.7 Å². The van der Waals surface area contributed by atoms with Crippen LogP contribution >= 0.6 is 0 Å². The fourth-order valence-electron chi connectivity index (χ4n) is 2.81. The molecule has 19 heavy (non-hydrogen) atoms. The molecule has 1 unspecified atom stereocenters. The molecule has 1 aromatic rings. The lowest BCUT2D eigenvalue weighted by atomic mass is 9.81. The largest absolute Gasteiger partial charge is 0.269 e. The molecule has 0 N–H and O–H groups in total. The van der Waals surface area contributed by atoms with Crippen LogP contribution in [-0.2, 0) is 0 Å². The van der Waals surface area contributed by atoms with Gasteiger partial charge in [-0.1, -0.05) is 19.3 Å². The maximum absolute atomic E-state index is 11.3. The number of rotatable bonds is 4. The van der Waals surface area contributed by atoms with Crippen LogP contribution in [0.15, 0.2) is 24.3 Å². The van der Waals surface area contributed by atoms with Crippen LogP contribution in [0, 0.1) is 26.1 Å². The summed E-state index contributed by atoms with van der Waals surface area (Å²) in [5.74, 6) is 0.0465. The molecule has 6 nitrogen and oxygen atoms in total. The molecular weight excluding hydrogens is 248 g/mol. The summed E-state index contributed by atoms with van der Waals surface area (Å²) in [7, 11) is 0. The van der Waals surface area contributed by atoms with Crippen LogP contribution < -0.4 is 0 Å². The van der Waals surface area contributed by atoms with Crippen molar-refractivity contribution >= 4 is 5.69 Å². The van der Waals surface area contributed by atoms with Gasteiger partial charge >= 0.3 is 0 Å². The Kier molecular flexibility index (Phi) is 4.09. The first-order chi connectivity index (χ1) is 9.09. The molecule has 0 amide bonds. The van der Waals surface area contributed by atoms with Gasteiger partial charge in [0, 0.05) is 28.5 Å². The molecule has 0 aromatic heterocycles. The highest BCUT2D eigenvalue weighted by Crippen LogP contribution is 2.36. The molecule has 1 aliphatic rings. The highest BCUT2D eigenvalue weighted by atomic mass is 16.6. The van der Waals surface area contributed by atoms with Crippen molar-refractivity contribution in [3.05, 3.63) is 50.1 Å². The van der Waals surface area contributed by atoms with Crippen molar-refractivity contribution in [2.45, 2.75) is 38.1 Å². The summed E-state index contributed by atoms with van der Waals surface area (Å²) in [5, 5.41) is 21.9. The van der Waals surface area contributed by atoms with Crippen LogP contribution in [0.2, 0.25) is 0 Å². The lowest BCUT2D eigenvalue weighted by molar-refractivity contribution is -0.540. The van der Waals surface area contributed by atoms with E-state index in [9.17, 15) is 20.2 Å². The molecule has 1 fully saturated rings. The monoisotopic (exact) mass is 264 g/mol. The predicted molar refractivity (Wildman–Crippen MR) is 69.4 cm³/mol. The van der Waals surface area contributed by atoms with Gasteiger partial charge < -0.3 is 0 Å². The minimum atomic E-state index is -0.735. The highest BCUT2D eigenvalue weighted by Gasteiger charge is 2.34. The maximum Gasteiger partial charge on any atom is 0.269 e. The Morgan fingerprint density at radius 1 is 1.00 bits per heavy atom. The summed E-state index contributed by atoms with van der Waals surface area (Å²) in [6.45, 7) is 0. The van der Waals surface area contributed by atoms with E-state index < -0.39 is 11.0 Å². The summed E-state index contributed by atoms with van der Waals surface area (Å²) < 4.78 is 0. The molecule has 1 aromatic carbocycles. The van der Waals surface area contributed by atoms with Crippen LogP contribution in [0.25, 0.3) is 0 Å². The molecule has 2 rings (SSSR count). The Bertz CT molecular complexity index is 466. The van der Waals surface area contributed by atoms with Crippen molar-refractivity contribution in [2.75, 3.05) is 0 Å². The SMILES string of the molecule is O=[N+]([O-])c1ccc(C(C2CCCCC2)[N+](=O)[O-])cc1. The topological polar surface area (TPSA) is 86.3 Å². The van der Waals surface area contributed by atoms with E-state index in [4.69, 9.17) is 0 Å². The third-order valence-corrected chi connectivity index (χ3v) is 3.77. The third-order valence-electron chi connectivity index (χ3n) is 3.77. The van der Waals surface area contributed by atoms with Gasteiger partial charge in [-0.25, -0.2) is 0 Å². The Morgan fingerprint density at radius 3 is 2.05 bits per heavy atom. The second-order valence-corrected chi connectivity index (χ2v) is 4.98. The lowest BCUT2D eigenvalue weighted by Crippen LogP contribution is -2.23. The quantitative estimate of drug-likeness (QED) is 0.615. The van der Waals surface area contributed by atoms with Gasteiger partial charge in [0.2, 0.25) is 6.04 Å². The van der Waals surface area contributed by atoms with E-state index in [1.165, 1.54) is 24.3 Å². The molecule has 0 aliphatic heterocycles. The Labute approximate surface area is 110 Å². The van der Waals surface area contributed by atoms with E-state index in [-0.39, 0.29) is 16.5 Å². The number of nitro groups is 2. The number of nitro benzene ring substituents is 1. The fraction of sp³-hybridized carbons (Fsp3) is 0.538. The van der Waals surface area contributed by atoms with Gasteiger partial charge in [0.25, 0.3) is 5.69 Å². The fourth-order valence-corrected chi connectivity index (χ4v) is 2.81. The van der Waals surface area contributed by atoms with Crippen LogP contribution in [0.3, 0.4) is 0 Å². The van der Waals surface area contributed by atoms with E-state index >= 15 is 0 Å². The molecule has 102 valence electrons. The minimum Gasteiger partial charge on any atom is -0.264 e. The van der Waals surface area contributed by atoms with Crippen molar-refractivity contribution < 1.29 is 9.85 Å². The average Bonchev–Trinajstić information content (AvgIpc) is 2.40. The standard InChI is InChI=1S/C13H16N2O4/c16-14(17)12-8-6-11(7-9-12)13(15(18)19)10-4-2-1-3-5-10/h6-10,13H,1-5H2. The van der Waals surface area contributed by atoms with E-state index in [2.05, 4.69) is 0 Å². The van der Waals surface area contributed by atoms with E-state index in [0.717, 1.165) is 32.1 Å². The Morgan fingerprint density at radius 2 is 1.58 bits per heavy atom. The average molecular weight is 264 g/mol. The number of nitrogens with zero attached hydrogens (tertiary/aromatic N) is 2. The Hall–Kier alpha value is -1.98. The summed E-state index contributed by atoms with van der Waals surface area (Å²) in [5.41, 5.74) is 0.539. The molecule has 0 saturated heterocycles. The zero-order valence-corrected chi connectivity index (χ0v) is 10.5. The van der Waals surface area contributed by atoms with Gasteiger partial charge in [0.05, 0.1) is 4.92 Å². The first kappa shape index (κ1) is 13.5. The van der Waals surface area contributed by atoms with Gasteiger partial charge in [-0.2, -0.15) is 0 Å². The molecule has 1 saturated carbocycles. The van der Waals surface area contributed by atoms with Crippen LogP contribution in [0.4, 0.5) is 5.69 Å². The zero-order valence-electron chi connectivity index (χ0n) is 10.5. The first-order valence-electron chi connectivity index (χ1n) is 6.47. The second kappa shape index (κ2) is 5.77. The molecule has 1 aliphatic carbocycles. The minimum absolute atomic E-state index is 0.0329. The van der Waals surface area contributed by atoms with Gasteiger partial charge in [-0.15, -0.1) is 0 Å². The summed E-state index contributed by atoms with van der Waals surface area (Å²) >= 11 is 0. The molecule has 0 spiro atoms. The maximum atomic E-state index is 11.3. The molecule has 0 heterocycles. The van der Waals surface area contributed by atoms with Crippen LogP contribution in [0.5, 0.6) is 0 Å². The third kappa shape index (κ3) is 3.07. The number of non-ortho nitro benzene ring substituents is 1. The Balaban J connectivity index is 2.23. The normalized spacial score (nSPS) is 17.9. The van der Waals surface area contributed by atoms with Crippen molar-refractivity contribution in [1.82, 2.24) is 0 Å². The summed E-state index contributed by atoms with van der Waals surface area (Å²) in [6, 6.07) is 4.98. The lowest BCUT2D eigenvalue weighted by Gasteiger charge is -2.24. The number of hydrogen-bond donors (Lipinski definition) is 0. The van der Waals surface area contributed by atoms with Gasteiger partial charge in [0.1, 0.15) is 0 Å². The summed E-state index contributed by atoms with van der Waals surface area (Å²) in [4.78, 5) is 21.1. The molecule has 0 radical (unpaired) electrons. The van der Waals surface area contributed by atoms with E-state index in [1.807, 2.05) is 0 Å². The van der Waals surface area contributed by atoms with E-state index in [0.29, 0.717) is 5.56 Å². The smallest absolute Gasteiger partial charge is 0.264 e. The van der Waals surface area contributed by atoms with Crippen molar-refractivity contribution in [3.63, 3.8) is 0 Å². The van der Waals surface area contributed by atoms with Crippen molar-refractivity contribution in [3.8, 4) is 0 Å². The first-order valence-corrected chi connectivity index (χ1v) is 6.47. The van der Waals surface area contributed by atoms with Crippen molar-refractivity contribution in [1.29, 1.82) is 0 Å². The molecule has 6 heteroatoms. The van der Waals surface area contributed by atoms with E-state index in [1.54, 1.807) is 0 Å². The number of benzene rings is 1. The summed E-state index contributed by atoms with van der Waals surface area (Å²) in [6.07, 6.45) is 4.93. The molecular formula is C13H16N2O4. The van der Waals surface area contributed by atoms with Gasteiger partial charge in [0.15, 0.2) is 0 Å². The highest BCUT2D eigenvalue weighted by molar-refractivity contribution is 5.34. The van der Waals surface area contributed by atoms with Crippen LogP contribution in [-0.4, -0.2) is 9.85 Å². The number of hydrogen-bond acceptors (Lipinski definition) is 4.